The van der Waals surface area contributed by atoms with E-state index in [1.807, 2.05) is 60.7 Å². The van der Waals surface area contributed by atoms with Crippen molar-refractivity contribution < 1.29 is 14.3 Å². The summed E-state index contributed by atoms with van der Waals surface area (Å²) in [6.45, 7) is 4.84. The lowest BCUT2D eigenvalue weighted by Crippen LogP contribution is -2.42. The zero-order valence-corrected chi connectivity index (χ0v) is 14.9. The van der Waals surface area contributed by atoms with Gasteiger partial charge in [-0.05, 0) is 24.1 Å². The number of hydrogen-bond acceptors (Lipinski definition) is 4. The summed E-state index contributed by atoms with van der Waals surface area (Å²) in [5.74, 6) is -0.352. The molecule has 0 aliphatic carbocycles. The van der Waals surface area contributed by atoms with Crippen molar-refractivity contribution in [3.63, 3.8) is 0 Å². The summed E-state index contributed by atoms with van der Waals surface area (Å²) in [5, 5.41) is 0. The van der Waals surface area contributed by atoms with Crippen LogP contribution >= 0.6 is 0 Å². The predicted molar refractivity (Wildman–Crippen MR) is 97.3 cm³/mol. The average Bonchev–Trinajstić information content (AvgIpc) is 3.12. The molecule has 0 spiro atoms. The molecule has 1 saturated heterocycles. The summed E-state index contributed by atoms with van der Waals surface area (Å²) in [4.78, 5) is 15.6. The van der Waals surface area contributed by atoms with Crippen LogP contribution in [0.3, 0.4) is 0 Å². The van der Waals surface area contributed by atoms with Gasteiger partial charge in [0.05, 0.1) is 0 Å². The lowest BCUT2D eigenvalue weighted by Gasteiger charge is -2.32. The SMILES string of the molecule is CCN1CCC(OC(=O)C(OC)(c2ccccc2)c2ccccc2)C1. The minimum atomic E-state index is -1.25. The van der Waals surface area contributed by atoms with E-state index in [4.69, 9.17) is 9.47 Å². The zero-order valence-electron chi connectivity index (χ0n) is 14.9. The highest BCUT2D eigenvalue weighted by atomic mass is 16.6. The van der Waals surface area contributed by atoms with E-state index in [1.165, 1.54) is 0 Å². The number of ether oxygens (including phenoxy) is 2. The van der Waals surface area contributed by atoms with Crippen LogP contribution in [0.4, 0.5) is 0 Å². The van der Waals surface area contributed by atoms with Gasteiger partial charge >= 0.3 is 5.97 Å². The van der Waals surface area contributed by atoms with Gasteiger partial charge < -0.3 is 9.47 Å². The van der Waals surface area contributed by atoms with Crippen LogP contribution in [0.25, 0.3) is 0 Å². The lowest BCUT2D eigenvalue weighted by atomic mass is 9.86. The molecule has 132 valence electrons. The Kier molecular flexibility index (Phi) is 5.51. The van der Waals surface area contributed by atoms with Gasteiger partial charge in [-0.25, -0.2) is 4.79 Å². The molecule has 3 rings (SSSR count). The second kappa shape index (κ2) is 7.81. The van der Waals surface area contributed by atoms with Gasteiger partial charge in [-0.15, -0.1) is 0 Å². The molecule has 2 aromatic carbocycles. The Morgan fingerprint density at radius 3 is 2.08 bits per heavy atom. The second-order valence-electron chi connectivity index (χ2n) is 6.33. The standard InChI is InChI=1S/C21H25NO3/c1-3-22-15-14-19(16-22)25-20(23)21(24-2,17-10-6-4-7-11-17)18-12-8-5-9-13-18/h4-13,19H,3,14-16H2,1-2H3. The Bertz CT molecular complexity index is 647. The summed E-state index contributed by atoms with van der Waals surface area (Å²) in [6.07, 6.45) is 0.776. The first kappa shape index (κ1) is 17.6. The number of rotatable bonds is 6. The summed E-state index contributed by atoms with van der Waals surface area (Å²) >= 11 is 0. The highest BCUT2D eigenvalue weighted by Crippen LogP contribution is 2.35. The van der Waals surface area contributed by atoms with Crippen LogP contribution in [0.5, 0.6) is 0 Å². The number of esters is 1. The van der Waals surface area contributed by atoms with Crippen molar-refractivity contribution in [3.8, 4) is 0 Å². The van der Waals surface area contributed by atoms with Crippen molar-refractivity contribution in [2.75, 3.05) is 26.7 Å². The molecule has 0 N–H and O–H groups in total. The maximum Gasteiger partial charge on any atom is 0.348 e. The van der Waals surface area contributed by atoms with E-state index in [0.717, 1.165) is 37.2 Å². The Balaban J connectivity index is 1.95. The molecule has 0 aromatic heterocycles. The monoisotopic (exact) mass is 339 g/mol. The first-order valence-corrected chi connectivity index (χ1v) is 8.80. The Morgan fingerprint density at radius 1 is 1.08 bits per heavy atom. The van der Waals surface area contributed by atoms with Gasteiger partial charge in [-0.3, -0.25) is 4.90 Å². The minimum Gasteiger partial charge on any atom is -0.458 e. The number of likely N-dealkylation sites (N-methyl/N-ethyl adjacent to an activating group) is 1. The summed E-state index contributed by atoms with van der Waals surface area (Å²) in [5.41, 5.74) is 0.306. The van der Waals surface area contributed by atoms with Crippen LogP contribution in [-0.4, -0.2) is 43.7 Å². The van der Waals surface area contributed by atoms with Crippen molar-refractivity contribution in [2.45, 2.75) is 25.0 Å². The minimum absolute atomic E-state index is 0.0885. The number of likely N-dealkylation sites (tertiary alicyclic amines) is 1. The van der Waals surface area contributed by atoms with Crippen LogP contribution in [0.1, 0.15) is 24.5 Å². The highest BCUT2D eigenvalue weighted by molar-refractivity contribution is 5.86. The molecule has 4 nitrogen and oxygen atoms in total. The summed E-state index contributed by atoms with van der Waals surface area (Å²) in [7, 11) is 1.56. The van der Waals surface area contributed by atoms with Crippen LogP contribution in [0.15, 0.2) is 60.7 Å². The molecule has 1 aliphatic heterocycles. The van der Waals surface area contributed by atoms with Crippen LogP contribution in [0.2, 0.25) is 0 Å². The molecule has 0 saturated carbocycles. The number of methoxy groups -OCH3 is 1. The van der Waals surface area contributed by atoms with Gasteiger partial charge in [0.15, 0.2) is 0 Å². The molecule has 1 unspecified atom stereocenters. The second-order valence-corrected chi connectivity index (χ2v) is 6.33. The average molecular weight is 339 g/mol. The van der Waals surface area contributed by atoms with Gasteiger partial charge in [0.2, 0.25) is 5.60 Å². The number of hydrogen-bond donors (Lipinski definition) is 0. The molecule has 0 radical (unpaired) electrons. The molecule has 25 heavy (non-hydrogen) atoms. The van der Waals surface area contributed by atoms with Gasteiger partial charge in [0, 0.05) is 20.2 Å². The predicted octanol–water partition coefficient (Wildman–Crippen LogP) is 3.21. The van der Waals surface area contributed by atoms with Crippen molar-refractivity contribution in [3.05, 3.63) is 71.8 Å². The molecule has 0 amide bonds. The lowest BCUT2D eigenvalue weighted by molar-refractivity contribution is -0.170. The number of carbonyl (C=O) groups is 1. The van der Waals surface area contributed by atoms with Gasteiger partial charge in [0.1, 0.15) is 6.10 Å². The molecular weight excluding hydrogens is 314 g/mol. The van der Waals surface area contributed by atoms with Crippen LogP contribution < -0.4 is 0 Å². The summed E-state index contributed by atoms with van der Waals surface area (Å²) in [6, 6.07) is 19.1. The van der Waals surface area contributed by atoms with Crippen LogP contribution in [-0.2, 0) is 19.9 Å². The fourth-order valence-electron chi connectivity index (χ4n) is 3.48. The Labute approximate surface area is 149 Å². The largest absolute Gasteiger partial charge is 0.458 e. The maximum atomic E-state index is 13.3. The van der Waals surface area contributed by atoms with E-state index < -0.39 is 5.60 Å². The van der Waals surface area contributed by atoms with E-state index in [0.29, 0.717) is 0 Å². The maximum absolute atomic E-state index is 13.3. The number of nitrogens with zero attached hydrogens (tertiary/aromatic N) is 1. The van der Waals surface area contributed by atoms with E-state index in [-0.39, 0.29) is 12.1 Å². The van der Waals surface area contributed by atoms with E-state index in [2.05, 4.69) is 11.8 Å². The first-order valence-electron chi connectivity index (χ1n) is 8.80. The van der Waals surface area contributed by atoms with E-state index in [1.54, 1.807) is 7.11 Å². The topological polar surface area (TPSA) is 38.8 Å². The quantitative estimate of drug-likeness (QED) is 0.758. The van der Waals surface area contributed by atoms with Crippen LogP contribution in [0, 0.1) is 0 Å². The van der Waals surface area contributed by atoms with E-state index in [9.17, 15) is 4.79 Å². The van der Waals surface area contributed by atoms with Gasteiger partial charge in [-0.1, -0.05) is 67.6 Å². The molecule has 4 heteroatoms. The van der Waals surface area contributed by atoms with Crippen molar-refractivity contribution in [1.82, 2.24) is 4.90 Å². The third-order valence-electron chi connectivity index (χ3n) is 4.90. The summed E-state index contributed by atoms with van der Waals surface area (Å²) < 4.78 is 11.8. The molecule has 1 aliphatic rings. The molecular formula is C21H25NO3. The Morgan fingerprint density at radius 2 is 1.64 bits per heavy atom. The van der Waals surface area contributed by atoms with Gasteiger partial charge in [-0.2, -0.15) is 0 Å². The van der Waals surface area contributed by atoms with Crippen molar-refractivity contribution in [2.24, 2.45) is 0 Å². The molecule has 1 atom stereocenters. The molecule has 1 heterocycles. The van der Waals surface area contributed by atoms with Crippen molar-refractivity contribution >= 4 is 5.97 Å². The Hall–Kier alpha value is -2.17. The molecule has 0 bridgehead atoms. The van der Waals surface area contributed by atoms with E-state index >= 15 is 0 Å². The number of carbonyl (C=O) groups excluding carboxylic acids is 1. The first-order chi connectivity index (χ1) is 12.2. The zero-order chi connectivity index (χ0) is 17.7. The number of benzene rings is 2. The smallest absolute Gasteiger partial charge is 0.348 e. The third kappa shape index (κ3) is 3.46. The third-order valence-corrected chi connectivity index (χ3v) is 4.90. The fraction of sp³-hybridized carbons (Fsp3) is 0.381. The fourth-order valence-corrected chi connectivity index (χ4v) is 3.48. The molecule has 1 fully saturated rings. The molecule has 2 aromatic rings. The van der Waals surface area contributed by atoms with Crippen molar-refractivity contribution in [1.29, 1.82) is 0 Å². The van der Waals surface area contributed by atoms with Gasteiger partial charge in [0.25, 0.3) is 0 Å². The normalized spacial score (nSPS) is 18.2. The highest BCUT2D eigenvalue weighted by Gasteiger charge is 2.45.